The summed E-state index contributed by atoms with van der Waals surface area (Å²) in [4.78, 5) is 38.1. The molecule has 0 radical (unpaired) electrons. The van der Waals surface area contributed by atoms with E-state index in [1.54, 1.807) is 23.1 Å². The summed E-state index contributed by atoms with van der Waals surface area (Å²) in [6, 6.07) is 4.87. The van der Waals surface area contributed by atoms with Crippen molar-refractivity contribution in [2.45, 2.75) is 38.9 Å². The average molecular weight is 405 g/mol. The first kappa shape index (κ1) is 18.2. The lowest BCUT2D eigenvalue weighted by molar-refractivity contribution is -0.136. The molecule has 1 N–H and O–H groups in total. The van der Waals surface area contributed by atoms with Crippen molar-refractivity contribution in [1.29, 1.82) is 0 Å². The molecular formula is C20H19N7O3. The fourth-order valence-corrected chi connectivity index (χ4v) is 3.88. The molecule has 1 saturated heterocycles. The minimum absolute atomic E-state index is 0.217. The number of carbonyl (C=O) groups excluding carboxylic acids is 3. The second kappa shape index (κ2) is 6.90. The first-order chi connectivity index (χ1) is 14.5. The van der Waals surface area contributed by atoms with Crippen LogP contribution in [0.25, 0.3) is 16.9 Å². The summed E-state index contributed by atoms with van der Waals surface area (Å²) in [6.45, 7) is 3.12. The fourth-order valence-electron chi connectivity index (χ4n) is 3.88. The Morgan fingerprint density at radius 1 is 1.20 bits per heavy atom. The highest BCUT2D eigenvalue weighted by Crippen LogP contribution is 2.29. The molecule has 10 heteroatoms. The van der Waals surface area contributed by atoms with E-state index in [-0.39, 0.29) is 18.2 Å². The van der Waals surface area contributed by atoms with Crippen LogP contribution < -0.4 is 5.32 Å². The lowest BCUT2D eigenvalue weighted by atomic mass is 10.0. The first-order valence-electron chi connectivity index (χ1n) is 9.76. The Hall–Kier alpha value is -3.82. The van der Waals surface area contributed by atoms with Crippen molar-refractivity contribution in [2.75, 3.05) is 0 Å². The normalized spacial score (nSPS) is 18.6. The van der Waals surface area contributed by atoms with Crippen LogP contribution in [0.1, 0.15) is 35.7 Å². The molecule has 0 spiro atoms. The fraction of sp³-hybridized carbons (Fsp3) is 0.300. The zero-order chi connectivity index (χ0) is 20.8. The van der Waals surface area contributed by atoms with E-state index in [0.29, 0.717) is 29.9 Å². The Bertz CT molecular complexity index is 1180. The van der Waals surface area contributed by atoms with E-state index in [0.717, 1.165) is 17.7 Å². The van der Waals surface area contributed by atoms with Gasteiger partial charge in [0.1, 0.15) is 11.7 Å². The van der Waals surface area contributed by atoms with E-state index in [9.17, 15) is 14.4 Å². The SMILES string of the molecule is CCn1cc(-c2cn(-c3ccc4c(c3)C(=O)N(C3CCC(=O)NC3=O)C4)nn2)cn1. The van der Waals surface area contributed by atoms with Gasteiger partial charge in [-0.25, -0.2) is 4.68 Å². The quantitative estimate of drug-likeness (QED) is 0.645. The molecule has 30 heavy (non-hydrogen) atoms. The number of rotatable bonds is 4. The Balaban J connectivity index is 1.40. The Labute approximate surface area is 171 Å². The number of hydrogen-bond donors (Lipinski definition) is 1. The number of nitrogens with zero attached hydrogens (tertiary/aromatic N) is 6. The minimum Gasteiger partial charge on any atom is -0.322 e. The monoisotopic (exact) mass is 405 g/mol. The van der Waals surface area contributed by atoms with Gasteiger partial charge < -0.3 is 4.90 Å². The van der Waals surface area contributed by atoms with Crippen LogP contribution in [0, 0.1) is 0 Å². The number of benzene rings is 1. The van der Waals surface area contributed by atoms with Crippen LogP contribution in [0.15, 0.2) is 36.8 Å². The molecule has 0 saturated carbocycles. The predicted octanol–water partition coefficient (Wildman–Crippen LogP) is 0.912. The summed E-state index contributed by atoms with van der Waals surface area (Å²) < 4.78 is 3.42. The van der Waals surface area contributed by atoms with Gasteiger partial charge in [-0.05, 0) is 31.0 Å². The third-order valence-electron chi connectivity index (χ3n) is 5.52. The van der Waals surface area contributed by atoms with E-state index < -0.39 is 11.9 Å². The summed E-state index contributed by atoms with van der Waals surface area (Å²) in [5, 5.41) is 15.0. The molecule has 1 aromatic carbocycles. The standard InChI is InChI=1S/C20H19N7O3/c1-2-25-9-13(8-21-25)16-11-27(24-23-16)14-4-3-12-10-26(20(30)15(12)7-14)17-5-6-18(28)22-19(17)29/h3-4,7-9,11,17H,2,5-6,10H2,1H3,(H,22,28,29). The molecule has 0 aliphatic carbocycles. The number of imide groups is 1. The average Bonchev–Trinajstić information content (AvgIpc) is 3.47. The molecule has 1 fully saturated rings. The summed E-state index contributed by atoms with van der Waals surface area (Å²) in [5.41, 5.74) is 3.64. The van der Waals surface area contributed by atoms with Crippen LogP contribution in [0.3, 0.4) is 0 Å². The number of carbonyl (C=O) groups is 3. The molecule has 1 atom stereocenters. The van der Waals surface area contributed by atoms with Crippen LogP contribution in [0.2, 0.25) is 0 Å². The summed E-state index contributed by atoms with van der Waals surface area (Å²) in [7, 11) is 0. The topological polar surface area (TPSA) is 115 Å². The van der Waals surface area contributed by atoms with Gasteiger partial charge >= 0.3 is 0 Å². The van der Waals surface area contributed by atoms with E-state index in [2.05, 4.69) is 20.7 Å². The Morgan fingerprint density at radius 2 is 2.07 bits per heavy atom. The molecule has 2 aliphatic rings. The van der Waals surface area contributed by atoms with Gasteiger partial charge in [-0.1, -0.05) is 11.3 Å². The van der Waals surface area contributed by atoms with Crippen molar-refractivity contribution in [3.8, 4) is 16.9 Å². The van der Waals surface area contributed by atoms with Crippen molar-refractivity contribution < 1.29 is 14.4 Å². The van der Waals surface area contributed by atoms with Crippen LogP contribution in [-0.4, -0.2) is 53.4 Å². The maximum atomic E-state index is 13.0. The van der Waals surface area contributed by atoms with Crippen LogP contribution in [-0.2, 0) is 22.7 Å². The van der Waals surface area contributed by atoms with Gasteiger partial charge in [0.05, 0.1) is 18.1 Å². The third kappa shape index (κ3) is 2.97. The molecule has 0 bridgehead atoms. The zero-order valence-corrected chi connectivity index (χ0v) is 16.3. The highest BCUT2D eigenvalue weighted by atomic mass is 16.2. The molecule has 2 aliphatic heterocycles. The Morgan fingerprint density at radius 3 is 2.83 bits per heavy atom. The highest BCUT2D eigenvalue weighted by molar-refractivity contribution is 6.05. The van der Waals surface area contributed by atoms with Crippen LogP contribution in [0.5, 0.6) is 0 Å². The number of piperidine rings is 1. The van der Waals surface area contributed by atoms with Gasteiger partial charge in [0.15, 0.2) is 0 Å². The zero-order valence-electron chi connectivity index (χ0n) is 16.3. The maximum absolute atomic E-state index is 13.0. The Kier molecular flexibility index (Phi) is 4.19. The molecule has 2 aromatic heterocycles. The lowest BCUT2D eigenvalue weighted by Gasteiger charge is -2.29. The molecule has 3 amide bonds. The number of hydrogen-bond acceptors (Lipinski definition) is 6. The summed E-state index contributed by atoms with van der Waals surface area (Å²) >= 11 is 0. The molecule has 10 nitrogen and oxygen atoms in total. The molecule has 4 heterocycles. The molecule has 1 unspecified atom stereocenters. The van der Waals surface area contributed by atoms with Crippen LogP contribution >= 0.6 is 0 Å². The predicted molar refractivity (Wildman–Crippen MR) is 104 cm³/mol. The number of amides is 3. The van der Waals surface area contributed by atoms with E-state index >= 15 is 0 Å². The summed E-state index contributed by atoms with van der Waals surface area (Å²) in [5.74, 6) is -0.929. The van der Waals surface area contributed by atoms with Gasteiger partial charge in [0.25, 0.3) is 5.91 Å². The van der Waals surface area contributed by atoms with Crippen molar-refractivity contribution in [3.63, 3.8) is 0 Å². The number of nitrogens with one attached hydrogen (secondary N) is 1. The van der Waals surface area contributed by atoms with Gasteiger partial charge in [-0.15, -0.1) is 5.10 Å². The third-order valence-corrected chi connectivity index (χ3v) is 5.52. The first-order valence-corrected chi connectivity index (χ1v) is 9.76. The van der Waals surface area contributed by atoms with E-state index in [1.165, 1.54) is 4.90 Å². The highest BCUT2D eigenvalue weighted by Gasteiger charge is 2.39. The number of aryl methyl sites for hydroxylation is 1. The smallest absolute Gasteiger partial charge is 0.255 e. The second-order valence-corrected chi connectivity index (χ2v) is 7.37. The van der Waals surface area contributed by atoms with E-state index in [1.807, 2.05) is 29.9 Å². The largest absolute Gasteiger partial charge is 0.322 e. The van der Waals surface area contributed by atoms with Crippen molar-refractivity contribution in [3.05, 3.63) is 47.9 Å². The molecular weight excluding hydrogens is 386 g/mol. The van der Waals surface area contributed by atoms with Crippen LogP contribution in [0.4, 0.5) is 0 Å². The molecule has 5 rings (SSSR count). The minimum atomic E-state index is -0.626. The van der Waals surface area contributed by atoms with Gasteiger partial charge in [0, 0.05) is 36.8 Å². The van der Waals surface area contributed by atoms with Crippen molar-refractivity contribution in [2.24, 2.45) is 0 Å². The lowest BCUT2D eigenvalue weighted by Crippen LogP contribution is -2.52. The van der Waals surface area contributed by atoms with Gasteiger partial charge in [0.2, 0.25) is 11.8 Å². The second-order valence-electron chi connectivity index (χ2n) is 7.37. The van der Waals surface area contributed by atoms with Gasteiger partial charge in [-0.2, -0.15) is 5.10 Å². The maximum Gasteiger partial charge on any atom is 0.255 e. The summed E-state index contributed by atoms with van der Waals surface area (Å²) in [6.07, 6.45) is 6.00. The number of fused-ring (bicyclic) bond motifs is 1. The number of aromatic nitrogens is 5. The molecule has 3 aromatic rings. The van der Waals surface area contributed by atoms with E-state index in [4.69, 9.17) is 0 Å². The van der Waals surface area contributed by atoms with Crippen molar-refractivity contribution >= 4 is 17.7 Å². The van der Waals surface area contributed by atoms with Gasteiger partial charge in [-0.3, -0.25) is 24.4 Å². The van der Waals surface area contributed by atoms with Crippen molar-refractivity contribution in [1.82, 2.24) is 35.0 Å². The molecule has 152 valence electrons.